The van der Waals surface area contributed by atoms with Crippen LogP contribution in [0, 0.1) is 5.92 Å². The molecule has 2 bridgehead atoms. The van der Waals surface area contributed by atoms with Gasteiger partial charge in [-0.2, -0.15) is 0 Å². The molecule has 3 fully saturated rings. The zero-order valence-corrected chi connectivity index (χ0v) is 34.9. The largest absolute Gasteiger partial charge is 0.456 e. The van der Waals surface area contributed by atoms with Crippen molar-refractivity contribution >= 4 is 21.9 Å². The van der Waals surface area contributed by atoms with Crippen LogP contribution in [-0.2, 0) is 16.2 Å². The first-order valence-corrected chi connectivity index (χ1v) is 22.9. The van der Waals surface area contributed by atoms with Crippen molar-refractivity contribution in [2.24, 2.45) is 5.92 Å². The second-order valence-electron chi connectivity index (χ2n) is 19.4. The summed E-state index contributed by atoms with van der Waals surface area (Å²) in [4.78, 5) is 15.7. The van der Waals surface area contributed by atoms with E-state index in [-0.39, 0.29) is 22.2 Å². The van der Waals surface area contributed by atoms with Crippen molar-refractivity contribution in [2.75, 3.05) is 0 Å². The molecule has 4 heteroatoms. The molecule has 0 N–H and O–H groups in total. The lowest BCUT2D eigenvalue weighted by Gasteiger charge is -2.69. The van der Waals surface area contributed by atoms with Crippen molar-refractivity contribution in [3.8, 4) is 56.4 Å². The van der Waals surface area contributed by atoms with Gasteiger partial charge in [0.1, 0.15) is 11.2 Å². The number of rotatable bonds is 3. The molecule has 2 aromatic heterocycles. The van der Waals surface area contributed by atoms with E-state index in [0.29, 0.717) is 35.2 Å². The Kier molecular flexibility index (Phi) is 6.17. The minimum atomic E-state index is -0.208. The van der Waals surface area contributed by atoms with E-state index >= 15 is 0 Å². The summed E-state index contributed by atoms with van der Waals surface area (Å²) in [5.41, 5.74) is 18.9. The Bertz CT molecular complexity index is 3630. The van der Waals surface area contributed by atoms with Gasteiger partial charge in [0, 0.05) is 49.6 Å². The Morgan fingerprint density at radius 3 is 1.53 bits per heavy atom. The first-order chi connectivity index (χ1) is 31.7. The Morgan fingerprint density at radius 2 is 0.891 bits per heavy atom. The molecule has 16 rings (SSSR count). The van der Waals surface area contributed by atoms with Crippen molar-refractivity contribution < 1.29 is 4.42 Å². The van der Waals surface area contributed by atoms with E-state index in [2.05, 4.69) is 176 Å². The van der Waals surface area contributed by atoms with Crippen molar-refractivity contribution in [3.05, 3.63) is 221 Å². The highest BCUT2D eigenvalue weighted by molar-refractivity contribution is 6.12. The number of hydrogen-bond acceptors (Lipinski definition) is 4. The van der Waals surface area contributed by atoms with Crippen LogP contribution in [0.5, 0.6) is 0 Å². The molecule has 0 amide bonds. The summed E-state index contributed by atoms with van der Waals surface area (Å²) in [5, 5.41) is 2.57. The van der Waals surface area contributed by atoms with Crippen molar-refractivity contribution in [2.45, 2.75) is 46.8 Å². The predicted molar refractivity (Wildman–Crippen MR) is 253 cm³/mol. The fourth-order valence-corrected chi connectivity index (χ4v) is 15.8. The van der Waals surface area contributed by atoms with Gasteiger partial charge < -0.3 is 4.42 Å². The predicted octanol–water partition coefficient (Wildman–Crippen LogP) is 13.9. The van der Waals surface area contributed by atoms with Crippen LogP contribution < -0.4 is 0 Å². The van der Waals surface area contributed by atoms with E-state index in [1.54, 1.807) is 5.56 Å². The molecule has 0 radical (unpaired) electrons. The number of nitrogens with zero attached hydrogens (tertiary/aromatic N) is 3. The summed E-state index contributed by atoms with van der Waals surface area (Å²) in [5.74, 6) is 3.16. The Morgan fingerprint density at radius 1 is 0.391 bits per heavy atom. The molecule has 8 aromatic carbocycles. The SMILES string of the molecule is c1ccc(-c2nc(-c3ccccc3)nc(-c3cc4c5c(c3)oc3cccc(c35)C3C56CC(c7ccccc7-c7ccccc75)C57c8ccccc8-c8ccccc8C5CC43C67)n2)cc1. The Labute approximate surface area is 370 Å². The molecule has 4 nitrogen and oxygen atoms in total. The van der Waals surface area contributed by atoms with Crippen LogP contribution in [-0.4, -0.2) is 15.0 Å². The van der Waals surface area contributed by atoms with Crippen LogP contribution in [0.4, 0.5) is 0 Å². The van der Waals surface area contributed by atoms with Gasteiger partial charge in [0.15, 0.2) is 17.5 Å². The number of furan rings is 1. The van der Waals surface area contributed by atoms with Gasteiger partial charge in [0.2, 0.25) is 0 Å². The molecule has 300 valence electrons. The Hall–Kier alpha value is -7.43. The fraction of sp³-hybridized carbons (Fsp3) is 0.150. The lowest BCUT2D eigenvalue weighted by atomic mass is 9.33. The lowest BCUT2D eigenvalue weighted by molar-refractivity contribution is -0.0153. The third kappa shape index (κ3) is 3.74. The number of hydrogen-bond donors (Lipinski definition) is 0. The van der Waals surface area contributed by atoms with E-state index in [1.165, 1.54) is 60.8 Å². The summed E-state index contributed by atoms with van der Waals surface area (Å²) < 4.78 is 7.10. The summed E-state index contributed by atoms with van der Waals surface area (Å²) >= 11 is 0. The molecule has 0 aliphatic heterocycles. The van der Waals surface area contributed by atoms with Crippen LogP contribution >= 0.6 is 0 Å². The quantitative estimate of drug-likeness (QED) is 0.178. The van der Waals surface area contributed by atoms with Gasteiger partial charge in [-0.3, -0.25) is 0 Å². The standard InChI is InChI=1S/C60H39N3O/c1-3-16-34(17-4-1)54-61-55(35-18-5-2-6-19-35)63-56(62-54)36-30-46-52-50(31-36)64-49-29-15-26-43(51(49)52)53-58-32-47(41-24-9-7-20-37(41)39-22-11-13-27-44(39)58)60-45-28-14-12-23-40(45)38-21-8-10-25-42(38)48(60)33-59(46,53)57(58)60/h1-31,47-48,53,57H,32-33H2. The van der Waals surface area contributed by atoms with E-state index in [9.17, 15) is 0 Å². The summed E-state index contributed by atoms with van der Waals surface area (Å²) in [6, 6.07) is 70.3. The maximum atomic E-state index is 7.10. The smallest absolute Gasteiger partial charge is 0.164 e. The third-order valence-corrected chi connectivity index (χ3v) is 17.3. The monoisotopic (exact) mass is 817 g/mol. The average molecular weight is 818 g/mol. The highest BCUT2D eigenvalue weighted by Crippen LogP contribution is 2.92. The lowest BCUT2D eigenvalue weighted by Crippen LogP contribution is -2.67. The van der Waals surface area contributed by atoms with Crippen LogP contribution in [0.2, 0.25) is 0 Å². The topological polar surface area (TPSA) is 51.8 Å². The molecule has 2 heterocycles. The van der Waals surface area contributed by atoms with Gasteiger partial charge in [-0.25, -0.2) is 15.0 Å². The third-order valence-electron chi connectivity index (χ3n) is 17.3. The maximum absolute atomic E-state index is 7.10. The van der Waals surface area contributed by atoms with Crippen LogP contribution in [0.15, 0.2) is 192 Å². The van der Waals surface area contributed by atoms with Crippen molar-refractivity contribution in [1.29, 1.82) is 0 Å². The van der Waals surface area contributed by atoms with Crippen molar-refractivity contribution in [3.63, 3.8) is 0 Å². The summed E-state index contributed by atoms with van der Waals surface area (Å²) in [7, 11) is 0. The Balaban J connectivity index is 1.04. The molecule has 2 spiro atoms. The second-order valence-corrected chi connectivity index (χ2v) is 19.4. The molecule has 3 saturated carbocycles. The molecule has 6 aliphatic carbocycles. The highest BCUT2D eigenvalue weighted by atomic mass is 16.3. The van der Waals surface area contributed by atoms with Crippen LogP contribution in [0.25, 0.3) is 78.4 Å². The first kappa shape index (κ1) is 34.1. The van der Waals surface area contributed by atoms with Crippen molar-refractivity contribution in [1.82, 2.24) is 15.0 Å². The van der Waals surface area contributed by atoms with Gasteiger partial charge in [0.25, 0.3) is 0 Å². The molecule has 10 aromatic rings. The molecular formula is C60H39N3O. The van der Waals surface area contributed by atoms with E-state index < -0.39 is 0 Å². The minimum Gasteiger partial charge on any atom is -0.456 e. The second kappa shape index (κ2) is 11.6. The van der Waals surface area contributed by atoms with E-state index in [4.69, 9.17) is 19.4 Å². The normalized spacial score (nSPS) is 26.5. The molecule has 64 heavy (non-hydrogen) atoms. The van der Waals surface area contributed by atoms with E-state index in [0.717, 1.165) is 40.7 Å². The van der Waals surface area contributed by atoms with Gasteiger partial charge >= 0.3 is 0 Å². The summed E-state index contributed by atoms with van der Waals surface area (Å²) in [6.07, 6.45) is 2.16. The van der Waals surface area contributed by atoms with Gasteiger partial charge in [-0.05, 0) is 104 Å². The highest BCUT2D eigenvalue weighted by Gasteiger charge is 2.88. The number of fused-ring (bicyclic) bond motifs is 9. The van der Waals surface area contributed by atoms with Gasteiger partial charge in [-0.1, -0.05) is 170 Å². The van der Waals surface area contributed by atoms with Gasteiger partial charge in [0.05, 0.1) is 0 Å². The summed E-state index contributed by atoms with van der Waals surface area (Å²) in [6.45, 7) is 0. The van der Waals surface area contributed by atoms with Crippen LogP contribution in [0.1, 0.15) is 64.0 Å². The molecule has 0 saturated heterocycles. The van der Waals surface area contributed by atoms with Gasteiger partial charge in [-0.15, -0.1) is 0 Å². The molecule has 7 unspecified atom stereocenters. The first-order valence-electron chi connectivity index (χ1n) is 22.9. The number of benzene rings is 8. The zero-order chi connectivity index (χ0) is 41.5. The molecule has 7 atom stereocenters. The number of aromatic nitrogens is 3. The zero-order valence-electron chi connectivity index (χ0n) is 34.9. The minimum absolute atomic E-state index is 0.131. The fourth-order valence-electron chi connectivity index (χ4n) is 15.8. The molecule has 6 aliphatic rings. The maximum Gasteiger partial charge on any atom is 0.164 e. The van der Waals surface area contributed by atoms with Crippen LogP contribution in [0.3, 0.4) is 0 Å². The average Bonchev–Trinajstić information content (AvgIpc) is 3.93. The van der Waals surface area contributed by atoms with E-state index in [1.807, 2.05) is 12.1 Å². The molecular weight excluding hydrogens is 779 g/mol.